The first-order chi connectivity index (χ1) is 13.5. The van der Waals surface area contributed by atoms with Crippen molar-refractivity contribution in [3.05, 3.63) is 65.6 Å². The molecule has 0 amide bonds. The number of aliphatic hydroxyl groups excluding tert-OH is 2. The van der Waals surface area contributed by atoms with Crippen LogP contribution in [-0.4, -0.2) is 44.2 Å². The van der Waals surface area contributed by atoms with Crippen molar-refractivity contribution in [2.75, 3.05) is 13.2 Å². The van der Waals surface area contributed by atoms with Crippen molar-refractivity contribution in [2.45, 2.75) is 25.6 Å². The van der Waals surface area contributed by atoms with Gasteiger partial charge in [0.2, 0.25) is 5.76 Å². The molecule has 0 spiro atoms. The third-order valence-electron chi connectivity index (χ3n) is 3.90. The van der Waals surface area contributed by atoms with E-state index in [-0.39, 0.29) is 13.2 Å². The molecular formula is C20H22N4O4. The van der Waals surface area contributed by atoms with Gasteiger partial charge in [0.25, 0.3) is 0 Å². The van der Waals surface area contributed by atoms with Crippen LogP contribution < -0.4 is 10.5 Å². The van der Waals surface area contributed by atoms with E-state index in [0.717, 1.165) is 5.56 Å². The second kappa shape index (κ2) is 9.19. The fourth-order valence-electron chi connectivity index (χ4n) is 2.47. The number of hydrogen-bond donors (Lipinski definition) is 3. The molecule has 0 saturated carbocycles. The molecule has 0 radical (unpaired) electrons. The van der Waals surface area contributed by atoms with Gasteiger partial charge in [-0.05, 0) is 37.1 Å². The average Bonchev–Trinajstić information content (AvgIpc) is 3.35. The molecule has 2 heterocycles. The molecule has 2 atom stereocenters. The number of imidazole rings is 1. The van der Waals surface area contributed by atoms with Gasteiger partial charge in [-0.3, -0.25) is 0 Å². The summed E-state index contributed by atoms with van der Waals surface area (Å²) in [4.78, 5) is 4.13. The second-order valence-electron chi connectivity index (χ2n) is 6.30. The normalized spacial score (nSPS) is 12.9. The first kappa shape index (κ1) is 19.6. The van der Waals surface area contributed by atoms with Crippen LogP contribution in [0.5, 0.6) is 5.75 Å². The van der Waals surface area contributed by atoms with Crippen molar-refractivity contribution < 1.29 is 19.5 Å². The van der Waals surface area contributed by atoms with Crippen LogP contribution in [0, 0.1) is 11.8 Å². The number of rotatable bonds is 7. The molecule has 0 aliphatic carbocycles. The van der Waals surface area contributed by atoms with E-state index in [1.165, 1.54) is 0 Å². The van der Waals surface area contributed by atoms with Crippen molar-refractivity contribution in [1.29, 1.82) is 0 Å². The lowest BCUT2D eigenvalue weighted by Gasteiger charge is -2.10. The highest BCUT2D eigenvalue weighted by atomic mass is 16.5. The zero-order valence-corrected chi connectivity index (χ0v) is 15.4. The Bertz CT molecular complexity index is 950. The summed E-state index contributed by atoms with van der Waals surface area (Å²) in [5.74, 6) is 7.61. The lowest BCUT2D eigenvalue weighted by molar-refractivity contribution is 0.184. The third kappa shape index (κ3) is 5.20. The summed E-state index contributed by atoms with van der Waals surface area (Å²) in [6, 6.07) is 8.58. The fraction of sp³-hybridized carbons (Fsp3) is 0.300. The lowest BCUT2D eigenvalue weighted by Crippen LogP contribution is -2.31. The van der Waals surface area contributed by atoms with Crippen molar-refractivity contribution in [1.82, 2.24) is 14.7 Å². The summed E-state index contributed by atoms with van der Waals surface area (Å²) in [7, 11) is 0. The zero-order valence-electron chi connectivity index (χ0n) is 15.4. The van der Waals surface area contributed by atoms with E-state index in [0.29, 0.717) is 29.6 Å². The minimum absolute atomic E-state index is 0.121. The summed E-state index contributed by atoms with van der Waals surface area (Å²) >= 11 is 0. The van der Waals surface area contributed by atoms with Gasteiger partial charge in [0.05, 0.1) is 19.2 Å². The number of aromatic nitrogens is 3. The first-order valence-electron chi connectivity index (χ1n) is 8.81. The first-order valence-corrected chi connectivity index (χ1v) is 8.81. The van der Waals surface area contributed by atoms with Gasteiger partial charge in [0.1, 0.15) is 30.0 Å². The molecule has 8 nitrogen and oxygen atoms in total. The van der Waals surface area contributed by atoms with Crippen LogP contribution in [0.2, 0.25) is 0 Å². The highest BCUT2D eigenvalue weighted by molar-refractivity contribution is 5.41. The van der Waals surface area contributed by atoms with Crippen LogP contribution in [0.25, 0.3) is 0 Å². The summed E-state index contributed by atoms with van der Waals surface area (Å²) in [5.41, 5.74) is 7.08. The van der Waals surface area contributed by atoms with E-state index in [2.05, 4.69) is 22.0 Å². The largest absolute Gasteiger partial charge is 0.492 e. The quantitative estimate of drug-likeness (QED) is 0.523. The maximum Gasteiger partial charge on any atom is 0.210 e. The van der Waals surface area contributed by atoms with Gasteiger partial charge in [0.15, 0.2) is 0 Å². The second-order valence-corrected chi connectivity index (χ2v) is 6.30. The van der Waals surface area contributed by atoms with E-state index in [1.807, 2.05) is 12.1 Å². The minimum Gasteiger partial charge on any atom is -0.492 e. The summed E-state index contributed by atoms with van der Waals surface area (Å²) in [6.45, 7) is 2.23. The molecular weight excluding hydrogens is 360 g/mol. The molecule has 0 saturated heterocycles. The summed E-state index contributed by atoms with van der Waals surface area (Å²) < 4.78 is 12.5. The Labute approximate surface area is 162 Å². The van der Waals surface area contributed by atoms with Crippen molar-refractivity contribution in [3.8, 4) is 17.6 Å². The predicted molar refractivity (Wildman–Crippen MR) is 101 cm³/mol. The highest BCUT2D eigenvalue weighted by Crippen LogP contribution is 2.13. The maximum absolute atomic E-state index is 9.70. The Morgan fingerprint density at radius 3 is 2.79 bits per heavy atom. The molecule has 0 bridgehead atoms. The van der Waals surface area contributed by atoms with Gasteiger partial charge in [-0.1, -0.05) is 11.1 Å². The smallest absolute Gasteiger partial charge is 0.210 e. The zero-order chi connectivity index (χ0) is 19.9. The topological polar surface area (TPSA) is 120 Å². The van der Waals surface area contributed by atoms with Gasteiger partial charge >= 0.3 is 0 Å². The van der Waals surface area contributed by atoms with E-state index in [1.54, 1.807) is 42.1 Å². The molecule has 0 fully saturated rings. The molecule has 0 unspecified atom stereocenters. The van der Waals surface area contributed by atoms with Crippen LogP contribution >= 0.6 is 0 Å². The number of aliphatic hydroxyl groups is 2. The Morgan fingerprint density at radius 1 is 1.29 bits per heavy atom. The van der Waals surface area contributed by atoms with Crippen LogP contribution in [0.15, 0.2) is 47.2 Å². The number of benzene rings is 1. The SMILES string of the molecule is C[C@H](O)c1nccn1Cc1cc(C#Cc2ccc(OC[C@H](N)CO)cc2)on1. The number of hydrogen-bond acceptors (Lipinski definition) is 7. The van der Waals surface area contributed by atoms with Crippen LogP contribution in [0.4, 0.5) is 0 Å². The van der Waals surface area contributed by atoms with Gasteiger partial charge < -0.3 is 29.8 Å². The molecule has 0 aliphatic rings. The Hall–Kier alpha value is -3.12. The lowest BCUT2D eigenvalue weighted by atomic mass is 10.2. The Kier molecular flexibility index (Phi) is 6.45. The van der Waals surface area contributed by atoms with E-state index < -0.39 is 12.1 Å². The van der Waals surface area contributed by atoms with Gasteiger partial charge in [-0.25, -0.2) is 4.98 Å². The van der Waals surface area contributed by atoms with Crippen molar-refractivity contribution in [2.24, 2.45) is 5.73 Å². The Morgan fingerprint density at radius 2 is 2.07 bits per heavy atom. The molecule has 2 aromatic heterocycles. The predicted octanol–water partition coefficient (Wildman–Crippen LogP) is 1.07. The standard InChI is InChI=1S/C20H22N4O4/c1-14(26)20-22-8-9-24(20)11-17-10-19(28-23-17)7-4-15-2-5-18(6-3-15)27-13-16(21)12-25/h2-3,5-6,8-10,14,16,25-26H,11-13,21H2,1H3/t14-,16+/m0/s1. The Balaban J connectivity index is 1.61. The van der Waals surface area contributed by atoms with Gasteiger partial charge in [-0.15, -0.1) is 0 Å². The maximum atomic E-state index is 9.70. The number of ether oxygens (including phenoxy) is 1. The van der Waals surface area contributed by atoms with E-state index >= 15 is 0 Å². The van der Waals surface area contributed by atoms with Gasteiger partial charge in [0, 0.05) is 24.0 Å². The average molecular weight is 382 g/mol. The monoisotopic (exact) mass is 382 g/mol. The van der Waals surface area contributed by atoms with Crippen molar-refractivity contribution in [3.63, 3.8) is 0 Å². The van der Waals surface area contributed by atoms with Gasteiger partial charge in [-0.2, -0.15) is 0 Å². The molecule has 28 heavy (non-hydrogen) atoms. The minimum atomic E-state index is -0.660. The molecule has 0 aliphatic heterocycles. The summed E-state index contributed by atoms with van der Waals surface area (Å²) in [6.07, 6.45) is 2.75. The van der Waals surface area contributed by atoms with Crippen LogP contribution in [0.1, 0.15) is 35.9 Å². The molecule has 8 heteroatoms. The molecule has 4 N–H and O–H groups in total. The highest BCUT2D eigenvalue weighted by Gasteiger charge is 2.11. The van der Waals surface area contributed by atoms with Crippen LogP contribution in [-0.2, 0) is 6.54 Å². The van der Waals surface area contributed by atoms with E-state index in [9.17, 15) is 5.11 Å². The number of nitrogens with two attached hydrogens (primary N) is 1. The summed E-state index contributed by atoms with van der Waals surface area (Å²) in [5, 5.41) is 22.6. The fourth-order valence-corrected chi connectivity index (χ4v) is 2.47. The molecule has 3 aromatic rings. The van der Waals surface area contributed by atoms with E-state index in [4.69, 9.17) is 20.1 Å². The molecule has 146 valence electrons. The molecule has 3 rings (SSSR count). The van der Waals surface area contributed by atoms with Crippen LogP contribution in [0.3, 0.4) is 0 Å². The molecule has 1 aromatic carbocycles. The third-order valence-corrected chi connectivity index (χ3v) is 3.90. The number of nitrogens with zero attached hydrogens (tertiary/aromatic N) is 3. The van der Waals surface area contributed by atoms with Crippen molar-refractivity contribution >= 4 is 0 Å².